The minimum atomic E-state index is 0.796. The van der Waals surface area contributed by atoms with Gasteiger partial charge in [0.2, 0.25) is 0 Å². The van der Waals surface area contributed by atoms with Crippen molar-refractivity contribution in [1.82, 2.24) is 20.1 Å². The predicted octanol–water partition coefficient (Wildman–Crippen LogP) is 3.03. The molecule has 4 nitrogen and oxygen atoms in total. The molecule has 2 heterocycles. The van der Waals surface area contributed by atoms with E-state index < -0.39 is 0 Å². The lowest BCUT2D eigenvalue weighted by Gasteiger charge is -2.06. The number of hydrogen-bond donors (Lipinski definition) is 1. The van der Waals surface area contributed by atoms with Crippen LogP contribution in [0.5, 0.6) is 0 Å². The van der Waals surface area contributed by atoms with Crippen LogP contribution < -0.4 is 5.32 Å². The molecule has 0 saturated carbocycles. The van der Waals surface area contributed by atoms with Crippen LogP contribution in [0.25, 0.3) is 0 Å². The van der Waals surface area contributed by atoms with E-state index in [2.05, 4.69) is 43.6 Å². The number of aryl methyl sites for hydroxylation is 3. The van der Waals surface area contributed by atoms with Crippen LogP contribution in [0.15, 0.2) is 9.85 Å². The number of aromatic nitrogens is 3. The Morgan fingerprint density at radius 2 is 2.17 bits per heavy atom. The Balaban J connectivity index is 1.98. The van der Waals surface area contributed by atoms with E-state index in [1.807, 2.05) is 18.5 Å². The van der Waals surface area contributed by atoms with Gasteiger partial charge in [-0.25, -0.2) is 4.98 Å². The van der Waals surface area contributed by atoms with E-state index in [1.54, 1.807) is 11.3 Å². The van der Waals surface area contributed by atoms with Crippen LogP contribution >= 0.6 is 27.3 Å². The predicted molar refractivity (Wildman–Crippen MR) is 77.7 cm³/mol. The van der Waals surface area contributed by atoms with E-state index in [4.69, 9.17) is 0 Å². The summed E-state index contributed by atoms with van der Waals surface area (Å²) in [7, 11) is 0. The van der Waals surface area contributed by atoms with E-state index in [1.165, 1.54) is 5.69 Å². The van der Waals surface area contributed by atoms with Gasteiger partial charge in [0.15, 0.2) is 0 Å². The Kier molecular flexibility index (Phi) is 4.53. The van der Waals surface area contributed by atoms with Crippen LogP contribution in [0, 0.1) is 13.8 Å². The molecule has 0 aromatic carbocycles. The summed E-state index contributed by atoms with van der Waals surface area (Å²) >= 11 is 5.28. The second kappa shape index (κ2) is 5.95. The minimum Gasteiger partial charge on any atom is -0.305 e. The Labute approximate surface area is 120 Å². The zero-order chi connectivity index (χ0) is 13.1. The SMILES string of the molecule is CCn1nc(C)c(Br)c1CNCc1csc(C)n1. The van der Waals surface area contributed by atoms with E-state index in [0.717, 1.165) is 40.5 Å². The smallest absolute Gasteiger partial charge is 0.0897 e. The van der Waals surface area contributed by atoms with E-state index in [0.29, 0.717) is 0 Å². The number of halogens is 1. The topological polar surface area (TPSA) is 42.7 Å². The van der Waals surface area contributed by atoms with E-state index in [-0.39, 0.29) is 0 Å². The second-order valence-electron chi connectivity index (χ2n) is 4.12. The van der Waals surface area contributed by atoms with Crippen LogP contribution in [0.3, 0.4) is 0 Å². The molecule has 0 radical (unpaired) electrons. The summed E-state index contributed by atoms with van der Waals surface area (Å²) in [6.07, 6.45) is 0. The monoisotopic (exact) mass is 328 g/mol. The summed E-state index contributed by atoms with van der Waals surface area (Å²) < 4.78 is 3.13. The Morgan fingerprint density at radius 1 is 1.39 bits per heavy atom. The fourth-order valence-electron chi connectivity index (χ4n) is 1.84. The lowest BCUT2D eigenvalue weighted by molar-refractivity contribution is 0.575. The molecule has 0 atom stereocenters. The second-order valence-corrected chi connectivity index (χ2v) is 5.98. The first-order valence-electron chi connectivity index (χ1n) is 5.95. The molecule has 0 aliphatic carbocycles. The molecule has 0 aliphatic rings. The van der Waals surface area contributed by atoms with Crippen molar-refractivity contribution in [2.24, 2.45) is 0 Å². The van der Waals surface area contributed by atoms with Gasteiger partial charge in [-0.15, -0.1) is 11.3 Å². The molecule has 2 rings (SSSR count). The molecule has 0 spiro atoms. The van der Waals surface area contributed by atoms with Gasteiger partial charge in [-0.3, -0.25) is 4.68 Å². The Hall–Kier alpha value is -0.720. The number of rotatable bonds is 5. The summed E-state index contributed by atoms with van der Waals surface area (Å²) in [6, 6.07) is 0. The largest absolute Gasteiger partial charge is 0.305 e. The van der Waals surface area contributed by atoms with Gasteiger partial charge < -0.3 is 5.32 Å². The normalized spacial score (nSPS) is 11.1. The highest BCUT2D eigenvalue weighted by Gasteiger charge is 2.11. The van der Waals surface area contributed by atoms with Crippen LogP contribution in [-0.4, -0.2) is 14.8 Å². The zero-order valence-electron chi connectivity index (χ0n) is 10.8. The van der Waals surface area contributed by atoms with Crippen molar-refractivity contribution < 1.29 is 0 Å². The molecular formula is C12H17BrN4S. The maximum absolute atomic E-state index is 4.47. The molecule has 0 saturated heterocycles. The highest BCUT2D eigenvalue weighted by Crippen LogP contribution is 2.20. The third-order valence-electron chi connectivity index (χ3n) is 2.72. The van der Waals surface area contributed by atoms with E-state index >= 15 is 0 Å². The lowest BCUT2D eigenvalue weighted by atomic mass is 10.3. The highest BCUT2D eigenvalue weighted by atomic mass is 79.9. The maximum Gasteiger partial charge on any atom is 0.0897 e. The van der Waals surface area contributed by atoms with Gasteiger partial charge in [0, 0.05) is 25.0 Å². The average molecular weight is 329 g/mol. The molecular weight excluding hydrogens is 312 g/mol. The third-order valence-corrected chi connectivity index (χ3v) is 4.57. The number of hydrogen-bond acceptors (Lipinski definition) is 4. The fourth-order valence-corrected chi connectivity index (χ4v) is 2.87. The van der Waals surface area contributed by atoms with Gasteiger partial charge in [-0.05, 0) is 36.7 Å². The average Bonchev–Trinajstić information content (AvgIpc) is 2.87. The van der Waals surface area contributed by atoms with Crippen LogP contribution in [0.2, 0.25) is 0 Å². The van der Waals surface area contributed by atoms with Crippen LogP contribution in [0.4, 0.5) is 0 Å². The van der Waals surface area contributed by atoms with Crippen molar-refractivity contribution in [2.45, 2.75) is 40.4 Å². The van der Waals surface area contributed by atoms with Gasteiger partial charge >= 0.3 is 0 Å². The summed E-state index contributed by atoms with van der Waals surface area (Å²) in [5.41, 5.74) is 3.34. The summed E-state index contributed by atoms with van der Waals surface area (Å²) in [4.78, 5) is 4.43. The fraction of sp³-hybridized carbons (Fsp3) is 0.500. The third kappa shape index (κ3) is 2.99. The van der Waals surface area contributed by atoms with Crippen molar-refractivity contribution in [3.63, 3.8) is 0 Å². The molecule has 0 bridgehead atoms. The summed E-state index contributed by atoms with van der Waals surface area (Å²) in [6.45, 7) is 8.63. The van der Waals surface area contributed by atoms with Gasteiger partial charge in [0.1, 0.15) is 0 Å². The zero-order valence-corrected chi connectivity index (χ0v) is 13.2. The van der Waals surface area contributed by atoms with Crippen molar-refractivity contribution in [2.75, 3.05) is 0 Å². The van der Waals surface area contributed by atoms with Crippen LogP contribution in [-0.2, 0) is 19.6 Å². The Morgan fingerprint density at radius 3 is 2.78 bits per heavy atom. The quantitative estimate of drug-likeness (QED) is 0.917. The first kappa shape index (κ1) is 13.7. The van der Waals surface area contributed by atoms with Crippen molar-refractivity contribution in [3.05, 3.63) is 31.9 Å². The van der Waals surface area contributed by atoms with Crippen LogP contribution in [0.1, 0.15) is 29.0 Å². The molecule has 2 aromatic heterocycles. The first-order valence-corrected chi connectivity index (χ1v) is 7.62. The van der Waals surface area contributed by atoms with Gasteiger partial charge in [-0.1, -0.05) is 0 Å². The molecule has 2 aromatic rings. The summed E-state index contributed by atoms with van der Waals surface area (Å²) in [5, 5.41) is 11.1. The molecule has 0 fully saturated rings. The first-order chi connectivity index (χ1) is 8.61. The highest BCUT2D eigenvalue weighted by molar-refractivity contribution is 9.10. The van der Waals surface area contributed by atoms with Crippen molar-refractivity contribution >= 4 is 27.3 Å². The molecule has 18 heavy (non-hydrogen) atoms. The number of nitrogens with one attached hydrogen (secondary N) is 1. The molecule has 0 unspecified atom stereocenters. The standard InChI is InChI=1S/C12H17BrN4S/c1-4-17-11(12(13)8(2)16-17)6-14-5-10-7-18-9(3)15-10/h7,14H,4-6H2,1-3H3. The molecule has 1 N–H and O–H groups in total. The Bertz CT molecular complexity index is 532. The molecule has 0 amide bonds. The minimum absolute atomic E-state index is 0.796. The van der Waals surface area contributed by atoms with E-state index in [9.17, 15) is 0 Å². The van der Waals surface area contributed by atoms with Gasteiger partial charge in [0.05, 0.1) is 26.6 Å². The van der Waals surface area contributed by atoms with Crippen molar-refractivity contribution in [1.29, 1.82) is 0 Å². The van der Waals surface area contributed by atoms with Crippen molar-refractivity contribution in [3.8, 4) is 0 Å². The maximum atomic E-state index is 4.47. The summed E-state index contributed by atoms with van der Waals surface area (Å²) in [5.74, 6) is 0. The lowest BCUT2D eigenvalue weighted by Crippen LogP contribution is -2.16. The molecule has 98 valence electrons. The molecule has 0 aliphatic heterocycles. The number of nitrogens with zero attached hydrogens (tertiary/aromatic N) is 3. The number of thiazole rings is 1. The van der Waals surface area contributed by atoms with Gasteiger partial charge in [0.25, 0.3) is 0 Å². The molecule has 6 heteroatoms. The van der Waals surface area contributed by atoms with Gasteiger partial charge in [-0.2, -0.15) is 5.10 Å².